The molecule has 1 unspecified atom stereocenters. The maximum Gasteiger partial charge on any atom is 0.222 e. The highest BCUT2D eigenvalue weighted by Crippen LogP contribution is 2.28. The number of nitrogens with zero attached hydrogens (tertiary/aromatic N) is 1. The van der Waals surface area contributed by atoms with Crippen molar-refractivity contribution in [1.29, 1.82) is 0 Å². The van der Waals surface area contributed by atoms with Gasteiger partial charge in [-0.15, -0.1) is 0 Å². The van der Waals surface area contributed by atoms with Crippen LogP contribution in [0.25, 0.3) is 0 Å². The summed E-state index contributed by atoms with van der Waals surface area (Å²) in [5.41, 5.74) is 0.730. The Morgan fingerprint density at radius 2 is 1.71 bits per heavy atom. The molecule has 0 aromatic heterocycles. The fourth-order valence-electron chi connectivity index (χ4n) is 2.28. The first-order valence-corrected chi connectivity index (χ1v) is 6.93. The highest BCUT2D eigenvalue weighted by atomic mass is 35.5. The Bertz CT molecular complexity index is 665. The van der Waals surface area contributed by atoms with Crippen molar-refractivity contribution < 1.29 is 13.5 Å². The molecule has 0 spiro atoms. The van der Waals surface area contributed by atoms with Crippen LogP contribution in [-0.4, -0.2) is 12.5 Å². The van der Waals surface area contributed by atoms with Gasteiger partial charge >= 0.3 is 0 Å². The highest BCUT2D eigenvalue weighted by molar-refractivity contribution is 6.30. The van der Waals surface area contributed by atoms with Crippen LogP contribution in [0.2, 0.25) is 5.02 Å². The molecule has 0 fully saturated rings. The smallest absolute Gasteiger partial charge is 0.222 e. The molecule has 5 heteroatoms. The Labute approximate surface area is 126 Å². The second-order valence-electron chi connectivity index (χ2n) is 4.74. The van der Waals surface area contributed by atoms with Crippen LogP contribution in [-0.2, 0) is 4.74 Å². The van der Waals surface area contributed by atoms with Gasteiger partial charge in [0.15, 0.2) is 0 Å². The van der Waals surface area contributed by atoms with E-state index in [1.807, 2.05) is 12.1 Å². The average Bonchev–Trinajstić information content (AvgIpc) is 2.48. The quantitative estimate of drug-likeness (QED) is 0.799. The molecule has 1 atom stereocenters. The summed E-state index contributed by atoms with van der Waals surface area (Å²) in [4.78, 5) is 4.34. The van der Waals surface area contributed by atoms with Gasteiger partial charge in [-0.2, -0.15) is 0 Å². The van der Waals surface area contributed by atoms with Gasteiger partial charge in [-0.1, -0.05) is 29.8 Å². The second kappa shape index (κ2) is 5.82. The van der Waals surface area contributed by atoms with Crippen LogP contribution in [0.4, 0.5) is 8.78 Å². The molecule has 1 aliphatic rings. The Kier molecular flexibility index (Phi) is 3.88. The highest BCUT2D eigenvalue weighted by Gasteiger charge is 2.23. The lowest BCUT2D eigenvalue weighted by atomic mass is 10.0. The molecule has 1 aliphatic heterocycles. The van der Waals surface area contributed by atoms with Gasteiger partial charge in [-0.05, 0) is 29.8 Å². The zero-order valence-electron chi connectivity index (χ0n) is 11.0. The van der Waals surface area contributed by atoms with Gasteiger partial charge < -0.3 is 4.74 Å². The maximum absolute atomic E-state index is 13.8. The summed E-state index contributed by atoms with van der Waals surface area (Å²) < 4.78 is 32.9. The molecule has 0 bridgehead atoms. The van der Waals surface area contributed by atoms with Gasteiger partial charge in [0.25, 0.3) is 0 Å². The van der Waals surface area contributed by atoms with Crippen LogP contribution in [0.1, 0.15) is 23.6 Å². The number of halogens is 3. The van der Waals surface area contributed by atoms with E-state index in [1.165, 1.54) is 18.2 Å². The number of rotatable bonds is 2. The molecule has 21 heavy (non-hydrogen) atoms. The van der Waals surface area contributed by atoms with Crippen molar-refractivity contribution in [1.82, 2.24) is 0 Å². The third-order valence-electron chi connectivity index (χ3n) is 3.33. The Hall–Kier alpha value is -1.94. The molecule has 0 aliphatic carbocycles. The fraction of sp³-hybridized carbons (Fsp3) is 0.188. The number of benzene rings is 2. The predicted octanol–water partition coefficient (Wildman–Crippen LogP) is 4.53. The number of ether oxygens (including phenoxy) is 1. The first-order valence-electron chi connectivity index (χ1n) is 6.55. The van der Waals surface area contributed by atoms with E-state index in [9.17, 15) is 8.78 Å². The Morgan fingerprint density at radius 3 is 2.38 bits per heavy atom. The molecule has 1 heterocycles. The molecule has 108 valence electrons. The van der Waals surface area contributed by atoms with Crippen molar-refractivity contribution in [2.75, 3.05) is 6.61 Å². The summed E-state index contributed by atoms with van der Waals surface area (Å²) in [6.07, 6.45) is 0.654. The van der Waals surface area contributed by atoms with Crippen LogP contribution in [0.5, 0.6) is 0 Å². The predicted molar refractivity (Wildman–Crippen MR) is 77.7 cm³/mol. The lowest BCUT2D eigenvalue weighted by Crippen LogP contribution is -2.20. The van der Waals surface area contributed by atoms with Crippen LogP contribution in [0.3, 0.4) is 0 Å². The van der Waals surface area contributed by atoms with Crippen LogP contribution in [0.15, 0.2) is 47.5 Å². The van der Waals surface area contributed by atoms with Crippen molar-refractivity contribution in [2.24, 2.45) is 4.99 Å². The molecule has 2 aromatic rings. The molecule has 0 radical (unpaired) electrons. The van der Waals surface area contributed by atoms with E-state index < -0.39 is 11.6 Å². The zero-order chi connectivity index (χ0) is 14.8. The van der Waals surface area contributed by atoms with Crippen LogP contribution >= 0.6 is 11.6 Å². The van der Waals surface area contributed by atoms with E-state index in [-0.39, 0.29) is 17.5 Å². The largest absolute Gasteiger partial charge is 0.477 e. The molecular weight excluding hydrogens is 296 g/mol. The molecule has 0 amide bonds. The van der Waals surface area contributed by atoms with Gasteiger partial charge in [0.1, 0.15) is 17.2 Å². The van der Waals surface area contributed by atoms with Crippen molar-refractivity contribution in [3.05, 3.63) is 70.2 Å². The van der Waals surface area contributed by atoms with E-state index in [1.54, 1.807) is 12.1 Å². The van der Waals surface area contributed by atoms with E-state index in [2.05, 4.69) is 4.99 Å². The van der Waals surface area contributed by atoms with Crippen LogP contribution < -0.4 is 0 Å². The van der Waals surface area contributed by atoms with Gasteiger partial charge in [0.2, 0.25) is 5.90 Å². The van der Waals surface area contributed by atoms with E-state index in [0.29, 0.717) is 18.1 Å². The maximum atomic E-state index is 13.8. The van der Waals surface area contributed by atoms with Gasteiger partial charge in [-0.25, -0.2) is 13.8 Å². The Balaban J connectivity index is 1.98. The topological polar surface area (TPSA) is 21.6 Å². The fourth-order valence-corrected chi connectivity index (χ4v) is 2.40. The van der Waals surface area contributed by atoms with Crippen molar-refractivity contribution in [2.45, 2.75) is 12.5 Å². The molecule has 0 saturated carbocycles. The van der Waals surface area contributed by atoms with Gasteiger partial charge in [0, 0.05) is 11.4 Å². The number of aliphatic imine (C=N–C) groups is 1. The molecule has 0 N–H and O–H groups in total. The van der Waals surface area contributed by atoms with E-state index >= 15 is 0 Å². The molecule has 0 saturated heterocycles. The summed E-state index contributed by atoms with van der Waals surface area (Å²) in [7, 11) is 0. The zero-order valence-corrected chi connectivity index (χ0v) is 11.8. The normalized spacial score (nSPS) is 18.0. The second-order valence-corrected chi connectivity index (χ2v) is 5.17. The summed E-state index contributed by atoms with van der Waals surface area (Å²) in [6, 6.07) is 10.8. The first kappa shape index (κ1) is 14.0. The SMILES string of the molecule is Fc1cccc(F)c1C1=NC(c2ccc(Cl)cc2)CCO1. The summed E-state index contributed by atoms with van der Waals surface area (Å²) in [6.45, 7) is 0.361. The molecule has 2 nitrogen and oxygen atoms in total. The minimum absolute atomic E-state index is 0.0109. The lowest BCUT2D eigenvalue weighted by molar-refractivity contribution is 0.260. The van der Waals surface area contributed by atoms with Gasteiger partial charge in [0.05, 0.1) is 12.6 Å². The monoisotopic (exact) mass is 307 g/mol. The van der Waals surface area contributed by atoms with Crippen molar-refractivity contribution in [3.63, 3.8) is 0 Å². The van der Waals surface area contributed by atoms with E-state index in [0.717, 1.165) is 5.56 Å². The first-order chi connectivity index (χ1) is 10.1. The summed E-state index contributed by atoms with van der Waals surface area (Å²) in [5.74, 6) is -1.34. The lowest BCUT2D eigenvalue weighted by Gasteiger charge is -2.22. The molecular formula is C16H12ClF2NO. The molecule has 3 rings (SSSR count). The average molecular weight is 308 g/mol. The van der Waals surface area contributed by atoms with E-state index in [4.69, 9.17) is 16.3 Å². The summed E-state index contributed by atoms with van der Waals surface area (Å²) in [5, 5.41) is 0.634. The Morgan fingerprint density at radius 1 is 1.05 bits per heavy atom. The summed E-state index contributed by atoms with van der Waals surface area (Å²) >= 11 is 5.86. The third kappa shape index (κ3) is 2.90. The molecule has 2 aromatic carbocycles. The number of hydrogen-bond acceptors (Lipinski definition) is 2. The minimum atomic E-state index is -0.675. The van der Waals surface area contributed by atoms with Crippen molar-refractivity contribution >= 4 is 17.5 Å². The third-order valence-corrected chi connectivity index (χ3v) is 3.59. The number of hydrogen-bond donors (Lipinski definition) is 0. The standard InChI is InChI=1S/C16H12ClF2NO/c17-11-6-4-10(5-7-11)14-8-9-21-16(20-14)15-12(18)2-1-3-13(15)19/h1-7,14H,8-9H2. The van der Waals surface area contributed by atoms with Crippen LogP contribution in [0, 0.1) is 11.6 Å². The van der Waals surface area contributed by atoms with Gasteiger partial charge in [-0.3, -0.25) is 0 Å². The van der Waals surface area contributed by atoms with Crippen molar-refractivity contribution in [3.8, 4) is 0 Å². The minimum Gasteiger partial charge on any atom is -0.477 e.